The largest absolute Gasteiger partial charge is 0.409 e. The van der Waals surface area contributed by atoms with Crippen molar-refractivity contribution in [3.05, 3.63) is 23.7 Å². The maximum atomic E-state index is 11.8. The fourth-order valence-corrected chi connectivity index (χ4v) is 1.31. The fraction of sp³-hybridized carbons (Fsp3) is 0.125. The number of rotatable bonds is 3. The standard InChI is InChI=1S/C8H10N8O2/c1-16-7(4(2-11-16)6(9)14-18)12-8(17)5-3-10-15-13-5/h2-3,18H,1H3,(H2,9,14)(H,12,17)(H,10,13,15). The molecule has 2 aromatic rings. The molecule has 0 fully saturated rings. The highest BCUT2D eigenvalue weighted by Crippen LogP contribution is 2.14. The molecule has 0 saturated heterocycles. The summed E-state index contributed by atoms with van der Waals surface area (Å²) in [4.78, 5) is 11.8. The van der Waals surface area contributed by atoms with Crippen LogP contribution in [0, 0.1) is 0 Å². The van der Waals surface area contributed by atoms with Gasteiger partial charge in [-0.2, -0.15) is 20.5 Å². The molecule has 0 unspecified atom stereocenters. The Balaban J connectivity index is 2.29. The predicted octanol–water partition coefficient (Wildman–Crippen LogP) is -1.11. The van der Waals surface area contributed by atoms with Crippen LogP contribution in [0.1, 0.15) is 16.1 Å². The number of carbonyl (C=O) groups is 1. The van der Waals surface area contributed by atoms with Crippen molar-refractivity contribution in [2.24, 2.45) is 17.9 Å². The Labute approximate surface area is 100 Å². The van der Waals surface area contributed by atoms with E-state index >= 15 is 0 Å². The zero-order chi connectivity index (χ0) is 13.1. The lowest BCUT2D eigenvalue weighted by Crippen LogP contribution is -2.20. The van der Waals surface area contributed by atoms with Crippen LogP contribution in [0.5, 0.6) is 0 Å². The first-order valence-electron chi connectivity index (χ1n) is 4.80. The molecule has 5 N–H and O–H groups in total. The normalized spacial score (nSPS) is 11.5. The zero-order valence-corrected chi connectivity index (χ0v) is 9.32. The number of nitrogens with one attached hydrogen (secondary N) is 2. The Bertz CT molecular complexity index is 584. The van der Waals surface area contributed by atoms with Gasteiger partial charge in [0.2, 0.25) is 0 Å². The van der Waals surface area contributed by atoms with E-state index in [1.165, 1.54) is 17.1 Å². The van der Waals surface area contributed by atoms with Crippen LogP contribution in [0.4, 0.5) is 5.82 Å². The maximum Gasteiger partial charge on any atom is 0.278 e. The third-order valence-electron chi connectivity index (χ3n) is 2.20. The Kier molecular flexibility index (Phi) is 2.91. The van der Waals surface area contributed by atoms with Gasteiger partial charge in [0.05, 0.1) is 18.0 Å². The van der Waals surface area contributed by atoms with E-state index in [9.17, 15) is 4.79 Å². The Morgan fingerprint density at radius 3 is 3.00 bits per heavy atom. The van der Waals surface area contributed by atoms with Crippen LogP contribution in [0.3, 0.4) is 0 Å². The van der Waals surface area contributed by atoms with E-state index in [0.717, 1.165) is 0 Å². The summed E-state index contributed by atoms with van der Waals surface area (Å²) in [5, 5.41) is 27.4. The summed E-state index contributed by atoms with van der Waals surface area (Å²) in [6.45, 7) is 0. The molecule has 0 saturated carbocycles. The minimum absolute atomic E-state index is 0.113. The minimum Gasteiger partial charge on any atom is -0.409 e. The van der Waals surface area contributed by atoms with Gasteiger partial charge in [-0.15, -0.1) is 0 Å². The Hall–Kier alpha value is -2.91. The van der Waals surface area contributed by atoms with Gasteiger partial charge >= 0.3 is 0 Å². The van der Waals surface area contributed by atoms with Crippen LogP contribution in [-0.2, 0) is 7.05 Å². The van der Waals surface area contributed by atoms with Crippen molar-refractivity contribution in [2.45, 2.75) is 0 Å². The molecule has 2 aromatic heterocycles. The van der Waals surface area contributed by atoms with E-state index in [2.05, 4.69) is 31.0 Å². The molecule has 10 nitrogen and oxygen atoms in total. The number of H-pyrrole nitrogens is 1. The number of hydrogen-bond acceptors (Lipinski definition) is 6. The number of amidine groups is 1. The number of aromatic amines is 1. The quantitative estimate of drug-likeness (QED) is 0.235. The SMILES string of the molecule is Cn1ncc(C(N)=NO)c1NC(=O)c1cn[nH]n1. The van der Waals surface area contributed by atoms with Gasteiger partial charge in [0, 0.05) is 7.05 Å². The average Bonchev–Trinajstić information content (AvgIpc) is 2.99. The second-order valence-corrected chi connectivity index (χ2v) is 3.33. The molecule has 1 amide bonds. The first-order valence-corrected chi connectivity index (χ1v) is 4.80. The maximum absolute atomic E-state index is 11.8. The van der Waals surface area contributed by atoms with Crippen molar-refractivity contribution >= 4 is 17.6 Å². The highest BCUT2D eigenvalue weighted by molar-refractivity contribution is 6.08. The summed E-state index contributed by atoms with van der Waals surface area (Å²) in [5.74, 6) is -0.351. The molecule has 0 radical (unpaired) electrons. The van der Waals surface area contributed by atoms with Crippen molar-refractivity contribution in [2.75, 3.05) is 5.32 Å². The number of amides is 1. The molecule has 94 valence electrons. The third-order valence-corrected chi connectivity index (χ3v) is 2.20. The second-order valence-electron chi connectivity index (χ2n) is 3.33. The van der Waals surface area contributed by atoms with Crippen molar-refractivity contribution in [3.63, 3.8) is 0 Å². The lowest BCUT2D eigenvalue weighted by Gasteiger charge is -2.05. The highest BCUT2D eigenvalue weighted by Gasteiger charge is 2.17. The summed E-state index contributed by atoms with van der Waals surface area (Å²) in [7, 11) is 1.60. The molecule has 18 heavy (non-hydrogen) atoms. The van der Waals surface area contributed by atoms with Crippen LogP contribution in [-0.4, -0.2) is 42.1 Å². The molecule has 0 bridgehead atoms. The van der Waals surface area contributed by atoms with Crippen LogP contribution < -0.4 is 11.1 Å². The van der Waals surface area contributed by atoms with Crippen molar-refractivity contribution in [1.29, 1.82) is 0 Å². The third kappa shape index (κ3) is 1.98. The van der Waals surface area contributed by atoms with Gasteiger partial charge < -0.3 is 16.3 Å². The molecule has 2 rings (SSSR count). The van der Waals surface area contributed by atoms with E-state index in [1.807, 2.05) is 0 Å². The van der Waals surface area contributed by atoms with Gasteiger partial charge in [0.25, 0.3) is 5.91 Å². The van der Waals surface area contributed by atoms with E-state index in [4.69, 9.17) is 10.9 Å². The van der Waals surface area contributed by atoms with E-state index < -0.39 is 5.91 Å². The van der Waals surface area contributed by atoms with Crippen LogP contribution in [0.2, 0.25) is 0 Å². The van der Waals surface area contributed by atoms with E-state index in [1.54, 1.807) is 7.05 Å². The minimum atomic E-state index is -0.487. The number of nitrogens with zero attached hydrogens (tertiary/aromatic N) is 5. The van der Waals surface area contributed by atoms with E-state index in [0.29, 0.717) is 11.4 Å². The van der Waals surface area contributed by atoms with Gasteiger partial charge in [-0.3, -0.25) is 9.48 Å². The summed E-state index contributed by atoms with van der Waals surface area (Å²) in [5.41, 5.74) is 5.88. The molecular weight excluding hydrogens is 240 g/mol. The van der Waals surface area contributed by atoms with Gasteiger partial charge in [0.15, 0.2) is 11.5 Å². The predicted molar refractivity (Wildman–Crippen MR) is 60.1 cm³/mol. The lowest BCUT2D eigenvalue weighted by molar-refractivity contribution is 0.102. The molecule has 0 aliphatic heterocycles. The van der Waals surface area contributed by atoms with Gasteiger partial charge in [-0.05, 0) is 0 Å². The van der Waals surface area contributed by atoms with Crippen molar-refractivity contribution in [1.82, 2.24) is 25.2 Å². The van der Waals surface area contributed by atoms with Crippen LogP contribution in [0.15, 0.2) is 17.5 Å². The van der Waals surface area contributed by atoms with Crippen LogP contribution in [0.25, 0.3) is 0 Å². The summed E-state index contributed by atoms with van der Waals surface area (Å²) in [6, 6.07) is 0. The summed E-state index contributed by atoms with van der Waals surface area (Å²) >= 11 is 0. The Morgan fingerprint density at radius 2 is 2.39 bits per heavy atom. The Morgan fingerprint density at radius 1 is 1.61 bits per heavy atom. The number of anilines is 1. The molecule has 0 aromatic carbocycles. The zero-order valence-electron chi connectivity index (χ0n) is 9.32. The number of nitrogens with two attached hydrogens (primary N) is 1. The number of aryl methyl sites for hydroxylation is 1. The smallest absolute Gasteiger partial charge is 0.278 e. The van der Waals surface area contributed by atoms with E-state index in [-0.39, 0.29) is 11.5 Å². The topological polar surface area (TPSA) is 147 Å². The first-order chi connectivity index (χ1) is 8.63. The molecule has 0 spiro atoms. The summed E-state index contributed by atoms with van der Waals surface area (Å²) < 4.78 is 1.38. The number of carbonyl (C=O) groups excluding carboxylic acids is 1. The van der Waals surface area contributed by atoms with Crippen molar-refractivity contribution < 1.29 is 10.0 Å². The summed E-state index contributed by atoms with van der Waals surface area (Å²) in [6.07, 6.45) is 2.64. The molecule has 0 aliphatic carbocycles. The van der Waals surface area contributed by atoms with Crippen molar-refractivity contribution in [3.8, 4) is 0 Å². The molecule has 0 aliphatic rings. The van der Waals surface area contributed by atoms with Gasteiger partial charge in [0.1, 0.15) is 5.82 Å². The van der Waals surface area contributed by atoms with Crippen LogP contribution >= 0.6 is 0 Å². The number of aromatic nitrogens is 5. The molecule has 2 heterocycles. The number of hydrogen-bond donors (Lipinski definition) is 4. The molecular formula is C8H10N8O2. The lowest BCUT2D eigenvalue weighted by atomic mass is 10.3. The average molecular weight is 250 g/mol. The number of oxime groups is 1. The van der Waals surface area contributed by atoms with Gasteiger partial charge in [-0.25, -0.2) is 0 Å². The monoisotopic (exact) mass is 250 g/mol. The fourth-order valence-electron chi connectivity index (χ4n) is 1.31. The second kappa shape index (κ2) is 4.53. The first kappa shape index (κ1) is 11.6. The van der Waals surface area contributed by atoms with Gasteiger partial charge in [-0.1, -0.05) is 5.16 Å². The highest BCUT2D eigenvalue weighted by atomic mass is 16.4. The molecule has 0 atom stereocenters. The molecule has 10 heteroatoms.